The number of aryl methyl sites for hydroxylation is 1. The summed E-state index contributed by atoms with van der Waals surface area (Å²) in [6, 6.07) is 13.0. The molecule has 1 aliphatic rings. The minimum atomic E-state index is -0.325. The molecule has 3 rings (SSSR count). The van der Waals surface area contributed by atoms with E-state index in [4.69, 9.17) is 16.3 Å². The largest absolute Gasteiger partial charge is 0.487 e. The van der Waals surface area contributed by atoms with Crippen molar-refractivity contribution in [1.82, 2.24) is 5.32 Å². The minimum Gasteiger partial charge on any atom is -0.487 e. The number of amides is 1. The van der Waals surface area contributed by atoms with Crippen molar-refractivity contribution >= 4 is 17.5 Å². The van der Waals surface area contributed by atoms with Crippen molar-refractivity contribution < 1.29 is 9.53 Å². The zero-order chi connectivity index (χ0) is 16.6. The van der Waals surface area contributed by atoms with Crippen LogP contribution in [0.1, 0.15) is 47.8 Å². The fourth-order valence-electron chi connectivity index (χ4n) is 2.97. The molecule has 3 nitrogen and oxygen atoms in total. The first-order valence-electron chi connectivity index (χ1n) is 7.70. The molecular formula is C19H20ClNO2. The number of fused-ring (bicyclic) bond motifs is 1. The van der Waals surface area contributed by atoms with Gasteiger partial charge in [-0.1, -0.05) is 35.4 Å². The first kappa shape index (κ1) is 15.9. The highest BCUT2D eigenvalue weighted by atomic mass is 35.5. The van der Waals surface area contributed by atoms with Crippen LogP contribution in [0.25, 0.3) is 0 Å². The molecule has 0 fully saturated rings. The molecule has 2 aromatic carbocycles. The number of hydrogen-bond donors (Lipinski definition) is 1. The molecule has 0 bridgehead atoms. The average Bonchev–Trinajstić information content (AvgIpc) is 2.47. The van der Waals surface area contributed by atoms with E-state index >= 15 is 0 Å². The van der Waals surface area contributed by atoms with E-state index < -0.39 is 0 Å². The van der Waals surface area contributed by atoms with E-state index in [1.165, 1.54) is 0 Å². The molecule has 2 aromatic rings. The normalized spacial score (nSPS) is 18.7. The Labute approximate surface area is 141 Å². The van der Waals surface area contributed by atoms with Gasteiger partial charge in [0.05, 0.1) is 6.04 Å². The topological polar surface area (TPSA) is 38.3 Å². The Morgan fingerprint density at radius 1 is 1.26 bits per heavy atom. The van der Waals surface area contributed by atoms with Gasteiger partial charge in [0.15, 0.2) is 0 Å². The first-order valence-corrected chi connectivity index (χ1v) is 8.08. The van der Waals surface area contributed by atoms with Gasteiger partial charge in [-0.05, 0) is 45.0 Å². The van der Waals surface area contributed by atoms with Crippen LogP contribution in [0, 0.1) is 6.92 Å². The van der Waals surface area contributed by atoms with Crippen LogP contribution in [-0.4, -0.2) is 11.5 Å². The van der Waals surface area contributed by atoms with Gasteiger partial charge in [0.1, 0.15) is 11.4 Å². The molecule has 0 radical (unpaired) electrons. The second-order valence-electron chi connectivity index (χ2n) is 6.64. The van der Waals surface area contributed by atoms with E-state index in [0.717, 1.165) is 23.3 Å². The van der Waals surface area contributed by atoms with Crippen molar-refractivity contribution in [2.24, 2.45) is 0 Å². The van der Waals surface area contributed by atoms with Gasteiger partial charge in [-0.15, -0.1) is 0 Å². The highest BCUT2D eigenvalue weighted by Gasteiger charge is 2.34. The monoisotopic (exact) mass is 329 g/mol. The fourth-order valence-corrected chi connectivity index (χ4v) is 3.16. The lowest BCUT2D eigenvalue weighted by atomic mass is 9.88. The molecule has 1 aliphatic heterocycles. The van der Waals surface area contributed by atoms with Gasteiger partial charge >= 0.3 is 0 Å². The van der Waals surface area contributed by atoms with E-state index in [9.17, 15) is 4.79 Å². The number of hydrogen-bond acceptors (Lipinski definition) is 2. The third-order valence-electron chi connectivity index (χ3n) is 4.01. The van der Waals surface area contributed by atoms with Crippen LogP contribution < -0.4 is 10.1 Å². The van der Waals surface area contributed by atoms with Gasteiger partial charge in [-0.3, -0.25) is 4.79 Å². The second-order valence-corrected chi connectivity index (χ2v) is 7.08. The summed E-state index contributed by atoms with van der Waals surface area (Å²) in [6.07, 6.45) is 0.718. The number of nitrogens with one attached hydrogen (secondary N) is 1. The minimum absolute atomic E-state index is 0.0832. The molecule has 4 heteroatoms. The number of benzene rings is 2. The van der Waals surface area contributed by atoms with Gasteiger partial charge in [0, 0.05) is 22.6 Å². The van der Waals surface area contributed by atoms with Crippen LogP contribution >= 0.6 is 11.6 Å². The molecule has 1 N–H and O–H groups in total. The lowest BCUT2D eigenvalue weighted by Gasteiger charge is -2.38. The second kappa shape index (κ2) is 5.89. The molecule has 0 unspecified atom stereocenters. The summed E-state index contributed by atoms with van der Waals surface area (Å²) in [5.74, 6) is 0.714. The molecule has 0 spiro atoms. The summed E-state index contributed by atoms with van der Waals surface area (Å²) < 4.78 is 6.04. The summed E-state index contributed by atoms with van der Waals surface area (Å²) in [5.41, 5.74) is 2.42. The Kier molecular flexibility index (Phi) is 4.07. The lowest BCUT2D eigenvalue weighted by molar-refractivity contribution is 0.0619. The van der Waals surface area contributed by atoms with Crippen molar-refractivity contribution in [2.75, 3.05) is 0 Å². The van der Waals surface area contributed by atoms with Crippen LogP contribution in [0.4, 0.5) is 0 Å². The number of carbonyl (C=O) groups excluding carboxylic acids is 1. The van der Waals surface area contributed by atoms with Crippen molar-refractivity contribution in [1.29, 1.82) is 0 Å². The molecule has 120 valence electrons. The van der Waals surface area contributed by atoms with E-state index in [1.807, 2.05) is 32.9 Å². The van der Waals surface area contributed by atoms with Crippen LogP contribution in [0.2, 0.25) is 5.02 Å². The quantitative estimate of drug-likeness (QED) is 0.868. The number of carbonyl (C=O) groups is 1. The average molecular weight is 330 g/mol. The van der Waals surface area contributed by atoms with Gasteiger partial charge in [0.2, 0.25) is 0 Å². The molecule has 0 aliphatic carbocycles. The van der Waals surface area contributed by atoms with Gasteiger partial charge in [-0.25, -0.2) is 0 Å². The summed E-state index contributed by atoms with van der Waals surface area (Å²) in [4.78, 5) is 12.6. The van der Waals surface area contributed by atoms with Crippen molar-refractivity contribution in [2.45, 2.75) is 38.8 Å². The van der Waals surface area contributed by atoms with E-state index in [-0.39, 0.29) is 17.6 Å². The Morgan fingerprint density at radius 3 is 2.78 bits per heavy atom. The van der Waals surface area contributed by atoms with E-state index in [0.29, 0.717) is 10.6 Å². The van der Waals surface area contributed by atoms with Crippen molar-refractivity contribution in [3.05, 3.63) is 64.2 Å². The molecule has 0 saturated heterocycles. The smallest absolute Gasteiger partial charge is 0.251 e. The maximum atomic E-state index is 12.6. The Morgan fingerprint density at radius 2 is 2.04 bits per heavy atom. The third-order valence-corrected chi connectivity index (χ3v) is 4.25. The van der Waals surface area contributed by atoms with Crippen LogP contribution in [0.5, 0.6) is 5.75 Å². The summed E-state index contributed by atoms with van der Waals surface area (Å²) in [5, 5.41) is 3.68. The van der Waals surface area contributed by atoms with Gasteiger partial charge < -0.3 is 10.1 Å². The van der Waals surface area contributed by atoms with E-state index in [2.05, 4.69) is 11.4 Å². The third kappa shape index (κ3) is 3.50. The number of rotatable bonds is 2. The fraction of sp³-hybridized carbons (Fsp3) is 0.316. The van der Waals surface area contributed by atoms with Gasteiger partial charge in [-0.2, -0.15) is 0 Å². The summed E-state index contributed by atoms with van der Waals surface area (Å²) in [7, 11) is 0. The lowest BCUT2D eigenvalue weighted by Crippen LogP contribution is -2.41. The highest BCUT2D eigenvalue weighted by molar-refractivity contribution is 6.30. The Hall–Kier alpha value is -2.00. The summed E-state index contributed by atoms with van der Waals surface area (Å²) in [6.45, 7) is 6.11. The SMILES string of the molecule is Cc1ccc2c(c1)[C@@H](NC(=O)c1cccc(Cl)c1)CC(C)(C)O2. The maximum absolute atomic E-state index is 12.6. The molecule has 23 heavy (non-hydrogen) atoms. The molecular weight excluding hydrogens is 310 g/mol. The van der Waals surface area contributed by atoms with Crippen molar-refractivity contribution in [3.8, 4) is 5.75 Å². The predicted molar refractivity (Wildman–Crippen MR) is 92.2 cm³/mol. The zero-order valence-electron chi connectivity index (χ0n) is 13.5. The highest BCUT2D eigenvalue weighted by Crippen LogP contribution is 2.40. The molecule has 0 saturated carbocycles. The summed E-state index contributed by atoms with van der Waals surface area (Å²) >= 11 is 5.98. The number of ether oxygens (including phenoxy) is 1. The van der Waals surface area contributed by atoms with Crippen molar-refractivity contribution in [3.63, 3.8) is 0 Å². The number of halogens is 1. The predicted octanol–water partition coefficient (Wildman–Crippen LogP) is 4.68. The zero-order valence-corrected chi connectivity index (χ0v) is 14.3. The molecule has 0 aromatic heterocycles. The molecule has 1 heterocycles. The Bertz CT molecular complexity index is 755. The van der Waals surface area contributed by atoms with E-state index in [1.54, 1.807) is 24.3 Å². The van der Waals surface area contributed by atoms with Crippen LogP contribution in [-0.2, 0) is 0 Å². The molecule has 1 amide bonds. The van der Waals surface area contributed by atoms with Crippen LogP contribution in [0.3, 0.4) is 0 Å². The van der Waals surface area contributed by atoms with Crippen LogP contribution in [0.15, 0.2) is 42.5 Å². The standard InChI is InChI=1S/C19H20ClNO2/c1-12-7-8-17-15(9-12)16(11-19(2,3)23-17)21-18(22)13-5-4-6-14(20)10-13/h4-10,16H,11H2,1-3H3,(H,21,22)/t16-/m0/s1. The first-order chi connectivity index (χ1) is 10.8. The van der Waals surface area contributed by atoms with Gasteiger partial charge in [0.25, 0.3) is 5.91 Å². The molecule has 1 atom stereocenters. The Balaban J connectivity index is 1.90. The maximum Gasteiger partial charge on any atom is 0.251 e.